The molecule has 0 unspecified atom stereocenters. The molecule has 26 heavy (non-hydrogen) atoms. The van der Waals surface area contributed by atoms with Crippen LogP contribution in [0.1, 0.15) is 31.4 Å². The molecule has 0 aromatic heterocycles. The molecule has 3 rings (SSSR count). The summed E-state index contributed by atoms with van der Waals surface area (Å²) in [5.74, 6) is 0. The van der Waals surface area contributed by atoms with Crippen LogP contribution in [0.4, 0.5) is 0 Å². The Bertz CT molecular complexity index is 889. The maximum Gasteiger partial charge on any atom is 0.101 e. The highest BCUT2D eigenvalue weighted by molar-refractivity contribution is 9.10. The quantitative estimate of drug-likeness (QED) is 0.622. The van der Waals surface area contributed by atoms with Gasteiger partial charge >= 0.3 is 0 Å². The topological polar surface area (TPSA) is 32.6 Å². The Morgan fingerprint density at radius 3 is 2.50 bits per heavy atom. The molecule has 4 heteroatoms. The first kappa shape index (κ1) is 19.1. The van der Waals surface area contributed by atoms with Crippen molar-refractivity contribution in [2.45, 2.75) is 32.3 Å². The number of hydrogen-bond donors (Lipinski definition) is 1. The van der Waals surface area contributed by atoms with Gasteiger partial charge in [-0.25, -0.2) is 4.99 Å². The van der Waals surface area contributed by atoms with Crippen LogP contribution in [-0.2, 0) is 6.42 Å². The third-order valence-electron chi connectivity index (χ3n) is 4.32. The summed E-state index contributed by atoms with van der Waals surface area (Å²) in [5.41, 5.74) is 3.91. The van der Waals surface area contributed by atoms with Crippen molar-refractivity contribution in [3.63, 3.8) is 0 Å². The van der Waals surface area contributed by atoms with E-state index in [2.05, 4.69) is 22.0 Å². The Kier molecular flexibility index (Phi) is 5.81. The van der Waals surface area contributed by atoms with E-state index in [4.69, 9.17) is 16.6 Å². The average molecular weight is 431 g/mol. The summed E-state index contributed by atoms with van der Waals surface area (Å²) in [5, 5.41) is 11.1. The average Bonchev–Trinajstić information content (AvgIpc) is 2.61. The van der Waals surface area contributed by atoms with Crippen LogP contribution in [0.5, 0.6) is 0 Å². The van der Waals surface area contributed by atoms with Gasteiger partial charge in [0.05, 0.1) is 11.4 Å². The van der Waals surface area contributed by atoms with Gasteiger partial charge in [0.1, 0.15) is 5.60 Å². The lowest BCUT2D eigenvalue weighted by molar-refractivity contribution is 0.118. The molecular weight excluding hydrogens is 410 g/mol. The van der Waals surface area contributed by atoms with E-state index >= 15 is 0 Å². The van der Waals surface area contributed by atoms with Gasteiger partial charge in [0.15, 0.2) is 0 Å². The number of aliphatic imine (C=N–C) groups is 1. The van der Waals surface area contributed by atoms with Crippen LogP contribution in [0.2, 0.25) is 5.02 Å². The van der Waals surface area contributed by atoms with Crippen molar-refractivity contribution >= 4 is 33.2 Å². The van der Waals surface area contributed by atoms with Crippen LogP contribution in [0.25, 0.3) is 0 Å². The summed E-state index contributed by atoms with van der Waals surface area (Å²) in [6, 6.07) is 16.0. The minimum absolute atomic E-state index is 0.699. The monoisotopic (exact) mass is 429 g/mol. The van der Waals surface area contributed by atoms with E-state index in [1.807, 2.05) is 54.6 Å². The largest absolute Gasteiger partial charge is 0.384 e. The standard InChI is InChI=1S/C22H21BrClNO/c1-22(2,26)20-14-11-16(8-7-15-5-3-4-6-19(15)24)21(25-20)17-9-12-18(23)13-10-17/h3-6,8-10,12-14,26H,7,11H2,1-2H3/b16-8-. The molecule has 0 bridgehead atoms. The molecule has 134 valence electrons. The van der Waals surface area contributed by atoms with E-state index in [9.17, 15) is 5.11 Å². The van der Waals surface area contributed by atoms with Crippen LogP contribution in [-0.4, -0.2) is 16.4 Å². The molecule has 0 radical (unpaired) electrons. The third kappa shape index (κ3) is 4.53. The number of benzene rings is 2. The van der Waals surface area contributed by atoms with Gasteiger partial charge in [0.25, 0.3) is 0 Å². The zero-order valence-corrected chi connectivity index (χ0v) is 17.2. The van der Waals surface area contributed by atoms with Crippen LogP contribution in [0, 0.1) is 0 Å². The summed E-state index contributed by atoms with van der Waals surface area (Å²) in [6.07, 6.45) is 5.66. The SMILES string of the molecule is CC(C)(O)C1=CC/C(=C/Cc2ccccc2Cl)C(c2ccc(Br)cc2)=N1. The second kappa shape index (κ2) is 7.91. The number of hydrogen-bond acceptors (Lipinski definition) is 2. The highest BCUT2D eigenvalue weighted by atomic mass is 79.9. The van der Waals surface area contributed by atoms with Gasteiger partial charge in [0.2, 0.25) is 0 Å². The maximum atomic E-state index is 10.4. The fraction of sp³-hybridized carbons (Fsp3) is 0.227. The lowest BCUT2D eigenvalue weighted by Crippen LogP contribution is -2.24. The molecule has 0 spiro atoms. The maximum absolute atomic E-state index is 10.4. The zero-order valence-electron chi connectivity index (χ0n) is 14.8. The summed E-state index contributed by atoms with van der Waals surface area (Å²) in [6.45, 7) is 3.53. The molecule has 2 aromatic carbocycles. The van der Waals surface area contributed by atoms with Crippen LogP contribution in [0.15, 0.2) is 81.4 Å². The van der Waals surface area contributed by atoms with E-state index in [1.54, 1.807) is 13.8 Å². The lowest BCUT2D eigenvalue weighted by Gasteiger charge is -2.24. The number of aliphatic hydroxyl groups is 1. The molecule has 0 fully saturated rings. The third-order valence-corrected chi connectivity index (χ3v) is 5.22. The fourth-order valence-electron chi connectivity index (χ4n) is 2.86. The number of allylic oxidation sites excluding steroid dienone is 3. The second-order valence-electron chi connectivity index (χ2n) is 6.84. The van der Waals surface area contributed by atoms with Crippen molar-refractivity contribution in [1.82, 2.24) is 0 Å². The molecule has 0 saturated heterocycles. The Hall–Kier alpha value is -1.68. The summed E-state index contributed by atoms with van der Waals surface area (Å²) in [7, 11) is 0. The minimum atomic E-state index is -0.963. The van der Waals surface area contributed by atoms with Crippen LogP contribution < -0.4 is 0 Å². The molecule has 1 aliphatic heterocycles. The summed E-state index contributed by atoms with van der Waals surface area (Å²) < 4.78 is 1.03. The molecule has 1 aliphatic rings. The molecular formula is C22H21BrClNO. The van der Waals surface area contributed by atoms with Crippen molar-refractivity contribution in [2.75, 3.05) is 0 Å². The van der Waals surface area contributed by atoms with Gasteiger partial charge in [-0.15, -0.1) is 0 Å². The normalized spacial score (nSPS) is 16.4. The van der Waals surface area contributed by atoms with Crippen LogP contribution >= 0.6 is 27.5 Å². The molecule has 1 heterocycles. The van der Waals surface area contributed by atoms with Crippen molar-refractivity contribution in [2.24, 2.45) is 4.99 Å². The first-order valence-corrected chi connectivity index (χ1v) is 9.72. The molecule has 2 nitrogen and oxygen atoms in total. The van der Waals surface area contributed by atoms with Gasteiger partial charge in [-0.3, -0.25) is 0 Å². The van der Waals surface area contributed by atoms with Gasteiger partial charge < -0.3 is 5.11 Å². The van der Waals surface area contributed by atoms with Gasteiger partial charge in [-0.05, 0) is 56.0 Å². The fourth-order valence-corrected chi connectivity index (χ4v) is 3.34. The highest BCUT2D eigenvalue weighted by Crippen LogP contribution is 2.28. The molecule has 0 amide bonds. The van der Waals surface area contributed by atoms with E-state index in [1.165, 1.54) is 0 Å². The highest BCUT2D eigenvalue weighted by Gasteiger charge is 2.24. The molecule has 0 aliphatic carbocycles. The molecule has 1 N–H and O–H groups in total. The Labute approximate surface area is 168 Å². The first-order valence-electron chi connectivity index (χ1n) is 8.55. The second-order valence-corrected chi connectivity index (χ2v) is 8.17. The predicted molar refractivity (Wildman–Crippen MR) is 113 cm³/mol. The van der Waals surface area contributed by atoms with E-state index in [0.717, 1.165) is 44.7 Å². The molecule has 0 saturated carbocycles. The zero-order chi connectivity index (χ0) is 18.7. The Balaban J connectivity index is 1.97. The van der Waals surface area contributed by atoms with Gasteiger partial charge in [0, 0.05) is 15.1 Å². The predicted octanol–water partition coefficient (Wildman–Crippen LogP) is 6.12. The number of halogens is 2. The molecule has 0 atom stereocenters. The van der Waals surface area contributed by atoms with Crippen molar-refractivity contribution in [3.8, 4) is 0 Å². The van der Waals surface area contributed by atoms with Crippen molar-refractivity contribution in [1.29, 1.82) is 0 Å². The summed E-state index contributed by atoms with van der Waals surface area (Å²) in [4.78, 5) is 4.78. The van der Waals surface area contributed by atoms with Crippen LogP contribution in [0.3, 0.4) is 0 Å². The number of nitrogens with zero attached hydrogens (tertiary/aromatic N) is 1. The lowest BCUT2D eigenvalue weighted by atomic mass is 9.92. The molecule has 2 aromatic rings. The van der Waals surface area contributed by atoms with Gasteiger partial charge in [-0.1, -0.05) is 70.0 Å². The minimum Gasteiger partial charge on any atom is -0.384 e. The van der Waals surface area contributed by atoms with E-state index in [0.29, 0.717) is 5.70 Å². The van der Waals surface area contributed by atoms with E-state index < -0.39 is 5.60 Å². The number of rotatable bonds is 4. The smallest absolute Gasteiger partial charge is 0.101 e. The summed E-state index contributed by atoms with van der Waals surface area (Å²) >= 11 is 9.76. The van der Waals surface area contributed by atoms with Crippen molar-refractivity contribution < 1.29 is 5.11 Å². The Morgan fingerprint density at radius 2 is 1.85 bits per heavy atom. The Morgan fingerprint density at radius 1 is 1.15 bits per heavy atom. The van der Waals surface area contributed by atoms with E-state index in [-0.39, 0.29) is 0 Å². The first-order chi connectivity index (χ1) is 12.3. The van der Waals surface area contributed by atoms with Gasteiger partial charge in [-0.2, -0.15) is 0 Å². The van der Waals surface area contributed by atoms with Crippen molar-refractivity contribution in [3.05, 3.63) is 92.6 Å².